The zero-order valence-electron chi connectivity index (χ0n) is 16.8. The number of ether oxygens (including phenoxy) is 1. The zero-order chi connectivity index (χ0) is 21.6. The number of aromatic carboxylic acids is 1. The van der Waals surface area contributed by atoms with Crippen LogP contribution in [0.3, 0.4) is 0 Å². The van der Waals surface area contributed by atoms with E-state index in [4.69, 9.17) is 4.74 Å². The van der Waals surface area contributed by atoms with Crippen molar-refractivity contribution in [2.24, 2.45) is 0 Å². The van der Waals surface area contributed by atoms with E-state index in [2.05, 4.69) is 20.3 Å². The number of nitrogens with zero attached hydrogens (tertiary/aromatic N) is 1. The van der Waals surface area contributed by atoms with Crippen molar-refractivity contribution in [1.29, 1.82) is 0 Å². The van der Waals surface area contributed by atoms with Crippen LogP contribution < -0.4 is 20.7 Å². The van der Waals surface area contributed by atoms with Crippen molar-refractivity contribution in [3.8, 4) is 5.88 Å². The first-order valence-corrected chi connectivity index (χ1v) is 9.86. The minimum atomic E-state index is -1.28. The van der Waals surface area contributed by atoms with Gasteiger partial charge in [0.15, 0.2) is 5.56 Å². The third-order valence-corrected chi connectivity index (χ3v) is 4.87. The van der Waals surface area contributed by atoms with E-state index in [1.54, 1.807) is 26.0 Å². The standard InChI is InChI=1S/C19H25FN4O4S/c1-10(2)21-7-8-22-19(27)23-17-14(18(25)26)16(24-29-17)28-9-13-6-5-11(3)15(20)12(13)4/h5-6,10,21H,7-9H2,1-4H3,(H,25,26)(H2,22,23,27). The summed E-state index contributed by atoms with van der Waals surface area (Å²) in [6.07, 6.45) is 0. The van der Waals surface area contributed by atoms with E-state index in [0.29, 0.717) is 35.8 Å². The van der Waals surface area contributed by atoms with Gasteiger partial charge in [0.05, 0.1) is 0 Å². The summed E-state index contributed by atoms with van der Waals surface area (Å²) in [5, 5.41) is 17.8. The first-order chi connectivity index (χ1) is 13.7. The Labute approximate surface area is 172 Å². The van der Waals surface area contributed by atoms with Crippen LogP contribution in [-0.4, -0.2) is 40.6 Å². The Kier molecular flexibility index (Phi) is 7.91. The molecule has 0 saturated carbocycles. The molecule has 1 aromatic carbocycles. The van der Waals surface area contributed by atoms with Crippen molar-refractivity contribution < 1.29 is 23.8 Å². The monoisotopic (exact) mass is 424 g/mol. The lowest BCUT2D eigenvalue weighted by atomic mass is 10.1. The molecule has 0 spiro atoms. The first kappa shape index (κ1) is 22.6. The number of nitrogens with one attached hydrogen (secondary N) is 3. The van der Waals surface area contributed by atoms with E-state index < -0.39 is 12.0 Å². The van der Waals surface area contributed by atoms with Crippen LogP contribution in [0.4, 0.5) is 14.2 Å². The number of carbonyl (C=O) groups excluding carboxylic acids is 1. The normalized spacial score (nSPS) is 10.8. The minimum absolute atomic E-state index is 0.0421. The maximum absolute atomic E-state index is 14.0. The molecule has 0 radical (unpaired) electrons. The predicted octanol–water partition coefficient (Wildman–Crippen LogP) is 3.30. The number of amides is 2. The molecule has 0 saturated heterocycles. The van der Waals surface area contributed by atoms with Crippen LogP contribution in [0.15, 0.2) is 12.1 Å². The fourth-order valence-corrected chi connectivity index (χ4v) is 3.22. The van der Waals surface area contributed by atoms with Crippen molar-refractivity contribution in [3.63, 3.8) is 0 Å². The molecule has 0 bridgehead atoms. The van der Waals surface area contributed by atoms with E-state index in [-0.39, 0.29) is 28.9 Å². The summed E-state index contributed by atoms with van der Waals surface area (Å²) in [4.78, 5) is 23.6. The van der Waals surface area contributed by atoms with E-state index in [0.717, 1.165) is 11.5 Å². The second-order valence-electron chi connectivity index (χ2n) is 6.76. The smallest absolute Gasteiger partial charge is 0.344 e. The average molecular weight is 424 g/mol. The summed E-state index contributed by atoms with van der Waals surface area (Å²) in [6.45, 7) is 8.20. The Balaban J connectivity index is 2.04. The quantitative estimate of drug-likeness (QED) is 0.460. The molecule has 0 aliphatic rings. The summed E-state index contributed by atoms with van der Waals surface area (Å²) in [5.74, 6) is -1.73. The first-order valence-electron chi connectivity index (χ1n) is 9.09. The number of carboxylic acid groups (broad SMARTS) is 1. The van der Waals surface area contributed by atoms with Gasteiger partial charge < -0.3 is 20.5 Å². The SMILES string of the molecule is Cc1ccc(COc2nsc(NC(=O)NCCNC(C)C)c2C(=O)O)c(C)c1F. The molecule has 2 aromatic rings. The number of hydrogen-bond acceptors (Lipinski definition) is 6. The van der Waals surface area contributed by atoms with Gasteiger partial charge in [-0.25, -0.2) is 14.0 Å². The highest BCUT2D eigenvalue weighted by atomic mass is 32.1. The molecule has 0 fully saturated rings. The maximum atomic E-state index is 14.0. The topological polar surface area (TPSA) is 113 Å². The van der Waals surface area contributed by atoms with Crippen LogP contribution in [-0.2, 0) is 6.61 Å². The Morgan fingerprint density at radius 2 is 2.00 bits per heavy atom. The fraction of sp³-hybridized carbons (Fsp3) is 0.421. The second kappa shape index (κ2) is 10.2. The molecule has 1 aromatic heterocycles. The summed E-state index contributed by atoms with van der Waals surface area (Å²) in [7, 11) is 0. The van der Waals surface area contributed by atoms with Crippen molar-refractivity contribution in [2.45, 2.75) is 40.3 Å². The van der Waals surface area contributed by atoms with Gasteiger partial charge in [0.25, 0.3) is 0 Å². The second-order valence-corrected chi connectivity index (χ2v) is 7.53. The third-order valence-electron chi connectivity index (χ3n) is 4.12. The van der Waals surface area contributed by atoms with Crippen LogP contribution in [0.2, 0.25) is 0 Å². The average Bonchev–Trinajstić information content (AvgIpc) is 3.05. The number of aryl methyl sites for hydroxylation is 1. The largest absolute Gasteiger partial charge is 0.477 e. The molecule has 8 nitrogen and oxygen atoms in total. The Morgan fingerprint density at radius 3 is 2.66 bits per heavy atom. The number of anilines is 1. The molecule has 2 amide bonds. The molecular formula is C19H25FN4O4S. The number of aromatic nitrogens is 1. The number of carbonyl (C=O) groups is 2. The third kappa shape index (κ3) is 6.13. The minimum Gasteiger partial charge on any atom is -0.477 e. The maximum Gasteiger partial charge on any atom is 0.344 e. The van der Waals surface area contributed by atoms with Crippen molar-refractivity contribution in [2.75, 3.05) is 18.4 Å². The Morgan fingerprint density at radius 1 is 1.28 bits per heavy atom. The van der Waals surface area contributed by atoms with Gasteiger partial charge in [0, 0.05) is 19.1 Å². The lowest BCUT2D eigenvalue weighted by Crippen LogP contribution is -2.36. The van der Waals surface area contributed by atoms with Crippen molar-refractivity contribution >= 4 is 28.5 Å². The van der Waals surface area contributed by atoms with E-state index in [1.165, 1.54) is 0 Å². The van der Waals surface area contributed by atoms with Crippen LogP contribution >= 0.6 is 11.5 Å². The highest BCUT2D eigenvalue weighted by Crippen LogP contribution is 2.31. The number of rotatable bonds is 9. The summed E-state index contributed by atoms with van der Waals surface area (Å²) in [6, 6.07) is 3.11. The van der Waals surface area contributed by atoms with Gasteiger partial charge in [-0.3, -0.25) is 5.32 Å². The van der Waals surface area contributed by atoms with Crippen molar-refractivity contribution in [1.82, 2.24) is 15.0 Å². The molecule has 0 aliphatic heterocycles. The lowest BCUT2D eigenvalue weighted by Gasteiger charge is -2.11. The molecule has 158 valence electrons. The number of benzene rings is 1. The molecular weight excluding hydrogens is 399 g/mol. The molecule has 0 aliphatic carbocycles. The van der Waals surface area contributed by atoms with Crippen LogP contribution in [0.25, 0.3) is 0 Å². The number of hydrogen-bond donors (Lipinski definition) is 4. The van der Waals surface area contributed by atoms with Crippen LogP contribution in [0.5, 0.6) is 5.88 Å². The van der Waals surface area contributed by atoms with Gasteiger partial charge in [-0.05, 0) is 42.1 Å². The van der Waals surface area contributed by atoms with Gasteiger partial charge in [-0.2, -0.15) is 4.37 Å². The molecule has 10 heteroatoms. The van der Waals surface area contributed by atoms with Gasteiger partial charge in [-0.15, -0.1) is 0 Å². The summed E-state index contributed by atoms with van der Waals surface area (Å²) < 4.78 is 23.5. The predicted molar refractivity (Wildman–Crippen MR) is 109 cm³/mol. The molecule has 2 rings (SSSR count). The Hall–Kier alpha value is -2.72. The van der Waals surface area contributed by atoms with Gasteiger partial charge in [0.2, 0.25) is 5.88 Å². The van der Waals surface area contributed by atoms with Crippen LogP contribution in [0.1, 0.15) is 40.9 Å². The number of halogens is 1. The van der Waals surface area contributed by atoms with E-state index in [1.807, 2.05) is 13.8 Å². The fourth-order valence-electron chi connectivity index (χ4n) is 2.50. The molecule has 0 unspecified atom stereocenters. The van der Waals surface area contributed by atoms with E-state index >= 15 is 0 Å². The number of urea groups is 1. The Bertz CT molecular complexity index is 885. The molecule has 29 heavy (non-hydrogen) atoms. The van der Waals surface area contributed by atoms with Gasteiger partial charge in [-0.1, -0.05) is 26.0 Å². The molecule has 1 heterocycles. The van der Waals surface area contributed by atoms with Gasteiger partial charge >= 0.3 is 12.0 Å². The summed E-state index contributed by atoms with van der Waals surface area (Å²) >= 11 is 0.804. The molecule has 0 atom stereocenters. The van der Waals surface area contributed by atoms with Crippen molar-refractivity contribution in [3.05, 3.63) is 40.2 Å². The van der Waals surface area contributed by atoms with Crippen LogP contribution in [0, 0.1) is 19.7 Å². The van der Waals surface area contributed by atoms with Gasteiger partial charge in [0.1, 0.15) is 17.4 Å². The highest BCUT2D eigenvalue weighted by Gasteiger charge is 2.23. The van der Waals surface area contributed by atoms with E-state index in [9.17, 15) is 19.1 Å². The number of carboxylic acids is 1. The highest BCUT2D eigenvalue weighted by molar-refractivity contribution is 7.11. The lowest BCUT2D eigenvalue weighted by molar-refractivity contribution is 0.0693. The summed E-state index contributed by atoms with van der Waals surface area (Å²) in [5.41, 5.74) is 1.30. The molecule has 4 N–H and O–H groups in total. The zero-order valence-corrected chi connectivity index (χ0v) is 17.6.